The predicted octanol–water partition coefficient (Wildman–Crippen LogP) is 2.37. The zero-order valence-electron chi connectivity index (χ0n) is 13.9. The van der Waals surface area contributed by atoms with Crippen molar-refractivity contribution < 1.29 is 13.2 Å². The van der Waals surface area contributed by atoms with Gasteiger partial charge in [0.2, 0.25) is 15.9 Å². The first kappa shape index (κ1) is 16.5. The summed E-state index contributed by atoms with van der Waals surface area (Å²) in [6.45, 7) is 7.14. The lowest BCUT2D eigenvalue weighted by molar-refractivity contribution is 0.1000. The van der Waals surface area contributed by atoms with Crippen LogP contribution in [0.4, 0.5) is 0 Å². The van der Waals surface area contributed by atoms with Crippen LogP contribution in [0.1, 0.15) is 50.4 Å². The zero-order chi connectivity index (χ0) is 17.0. The van der Waals surface area contributed by atoms with E-state index in [-0.39, 0.29) is 27.3 Å². The Morgan fingerprint density at radius 2 is 1.96 bits per heavy atom. The number of nitrogens with two attached hydrogens (primary N) is 1. The lowest BCUT2D eigenvalue weighted by Crippen LogP contribution is -2.37. The topological polar surface area (TPSA) is 80.5 Å². The number of primary amides is 1. The Balaban J connectivity index is 1.98. The molecule has 6 heteroatoms. The average molecular weight is 336 g/mol. The van der Waals surface area contributed by atoms with Crippen LogP contribution in [0.5, 0.6) is 0 Å². The van der Waals surface area contributed by atoms with Crippen molar-refractivity contribution in [3.05, 3.63) is 29.8 Å². The maximum absolute atomic E-state index is 13.1. The van der Waals surface area contributed by atoms with Gasteiger partial charge in [-0.25, -0.2) is 8.42 Å². The van der Waals surface area contributed by atoms with Crippen LogP contribution in [0.2, 0.25) is 0 Å². The van der Waals surface area contributed by atoms with Gasteiger partial charge < -0.3 is 5.73 Å². The molecule has 5 nitrogen and oxygen atoms in total. The first-order chi connectivity index (χ1) is 10.5. The molecular formula is C17H24N2O3S. The molecule has 1 aliphatic carbocycles. The molecule has 126 valence electrons. The lowest BCUT2D eigenvalue weighted by Gasteiger charge is -2.39. The summed E-state index contributed by atoms with van der Waals surface area (Å²) >= 11 is 0. The Labute approximate surface area is 137 Å². The van der Waals surface area contributed by atoms with Gasteiger partial charge in [0.15, 0.2) is 0 Å². The summed E-state index contributed by atoms with van der Waals surface area (Å²) in [5, 5.41) is 0. The van der Waals surface area contributed by atoms with E-state index < -0.39 is 15.9 Å². The van der Waals surface area contributed by atoms with E-state index in [0.29, 0.717) is 6.54 Å². The minimum atomic E-state index is -3.61. The van der Waals surface area contributed by atoms with E-state index >= 15 is 0 Å². The zero-order valence-corrected chi connectivity index (χ0v) is 14.7. The van der Waals surface area contributed by atoms with Crippen LogP contribution in [-0.2, 0) is 10.0 Å². The van der Waals surface area contributed by atoms with Crippen LogP contribution >= 0.6 is 0 Å². The first-order valence-corrected chi connectivity index (χ1v) is 9.38. The number of hydrogen-bond acceptors (Lipinski definition) is 3. The molecular weight excluding hydrogens is 312 g/mol. The standard InChI is InChI=1S/C17H24N2O3S/c1-16(2)8-13-9-17(3,10-16)11-19(13)23(21,22)14-6-4-5-12(7-14)15(18)20/h4-7,13H,8-11H2,1-3H3,(H2,18,20)/t13-,17-/m1/s1. The van der Waals surface area contributed by atoms with Crippen LogP contribution in [0.3, 0.4) is 0 Å². The van der Waals surface area contributed by atoms with E-state index in [0.717, 1.165) is 19.3 Å². The number of amides is 1. The van der Waals surface area contributed by atoms with Gasteiger partial charge in [0, 0.05) is 18.2 Å². The fourth-order valence-electron chi connectivity index (χ4n) is 4.63. The molecule has 3 rings (SSSR count). The number of sulfonamides is 1. The second kappa shape index (κ2) is 5.05. The van der Waals surface area contributed by atoms with Crippen molar-refractivity contribution >= 4 is 15.9 Å². The van der Waals surface area contributed by atoms with Crippen LogP contribution in [0.15, 0.2) is 29.2 Å². The van der Waals surface area contributed by atoms with Crippen molar-refractivity contribution in [3.8, 4) is 0 Å². The molecule has 1 aromatic carbocycles. The monoisotopic (exact) mass is 336 g/mol. The predicted molar refractivity (Wildman–Crippen MR) is 88.4 cm³/mol. The third-order valence-corrected chi connectivity index (χ3v) is 6.99. The van der Waals surface area contributed by atoms with Gasteiger partial charge in [-0.05, 0) is 48.3 Å². The number of benzene rings is 1. The number of fused-ring (bicyclic) bond motifs is 2. The second-order valence-electron chi connectivity index (χ2n) is 8.16. The highest BCUT2D eigenvalue weighted by atomic mass is 32.2. The molecule has 2 atom stereocenters. The Morgan fingerprint density at radius 1 is 1.26 bits per heavy atom. The number of nitrogens with zero attached hydrogens (tertiary/aromatic N) is 1. The summed E-state index contributed by atoms with van der Waals surface area (Å²) in [7, 11) is -3.61. The summed E-state index contributed by atoms with van der Waals surface area (Å²) < 4.78 is 27.8. The molecule has 1 heterocycles. The third-order valence-electron chi connectivity index (χ3n) is 5.09. The molecule has 0 unspecified atom stereocenters. The molecule has 23 heavy (non-hydrogen) atoms. The Kier molecular flexibility index (Phi) is 3.61. The highest BCUT2D eigenvalue weighted by Crippen LogP contribution is 2.53. The molecule has 1 saturated carbocycles. The molecule has 1 amide bonds. The van der Waals surface area contributed by atoms with Gasteiger partial charge in [0.25, 0.3) is 0 Å². The molecule has 2 N–H and O–H groups in total. The van der Waals surface area contributed by atoms with E-state index in [1.54, 1.807) is 10.4 Å². The molecule has 1 saturated heterocycles. The van der Waals surface area contributed by atoms with E-state index in [1.807, 2.05) is 0 Å². The van der Waals surface area contributed by atoms with Crippen LogP contribution in [0, 0.1) is 10.8 Å². The quantitative estimate of drug-likeness (QED) is 0.920. The number of carbonyl (C=O) groups excluding carboxylic acids is 1. The molecule has 2 bridgehead atoms. The SMILES string of the molecule is CC1(C)C[C@@H]2C[C@@](C)(CN2S(=O)(=O)c2cccc(C(N)=O)c2)C1. The minimum absolute atomic E-state index is 0.0286. The van der Waals surface area contributed by atoms with E-state index in [1.165, 1.54) is 18.2 Å². The first-order valence-electron chi connectivity index (χ1n) is 7.94. The van der Waals surface area contributed by atoms with Gasteiger partial charge >= 0.3 is 0 Å². The van der Waals surface area contributed by atoms with Gasteiger partial charge in [0.1, 0.15) is 0 Å². The van der Waals surface area contributed by atoms with Crippen molar-refractivity contribution in [2.45, 2.75) is 51.0 Å². The van der Waals surface area contributed by atoms with Gasteiger partial charge in [-0.2, -0.15) is 4.31 Å². The Morgan fingerprint density at radius 3 is 2.61 bits per heavy atom. The summed E-state index contributed by atoms with van der Waals surface area (Å²) in [4.78, 5) is 11.5. The highest BCUT2D eigenvalue weighted by Gasteiger charge is 2.53. The Bertz CT molecular complexity index is 757. The molecule has 2 fully saturated rings. The van der Waals surface area contributed by atoms with Crippen LogP contribution in [-0.4, -0.2) is 31.2 Å². The number of rotatable bonds is 3. The third kappa shape index (κ3) is 2.90. The van der Waals surface area contributed by atoms with E-state index in [9.17, 15) is 13.2 Å². The van der Waals surface area contributed by atoms with Crippen molar-refractivity contribution in [2.75, 3.05) is 6.54 Å². The van der Waals surface area contributed by atoms with Crippen molar-refractivity contribution in [1.82, 2.24) is 4.31 Å². The summed E-state index contributed by atoms with van der Waals surface area (Å²) in [5.74, 6) is -0.615. The molecule has 0 radical (unpaired) electrons. The molecule has 0 aromatic heterocycles. The van der Waals surface area contributed by atoms with Crippen molar-refractivity contribution in [2.24, 2.45) is 16.6 Å². The second-order valence-corrected chi connectivity index (χ2v) is 10.0. The fourth-order valence-corrected chi connectivity index (χ4v) is 6.45. The van der Waals surface area contributed by atoms with Crippen molar-refractivity contribution in [1.29, 1.82) is 0 Å². The largest absolute Gasteiger partial charge is 0.366 e. The minimum Gasteiger partial charge on any atom is -0.366 e. The van der Waals surface area contributed by atoms with Gasteiger partial charge in [0.05, 0.1) is 4.90 Å². The smallest absolute Gasteiger partial charge is 0.248 e. The normalized spacial score (nSPS) is 30.3. The van der Waals surface area contributed by atoms with E-state index in [4.69, 9.17) is 5.73 Å². The van der Waals surface area contributed by atoms with Gasteiger partial charge in [-0.1, -0.05) is 26.8 Å². The molecule has 2 aliphatic rings. The lowest BCUT2D eigenvalue weighted by atomic mass is 9.65. The maximum Gasteiger partial charge on any atom is 0.248 e. The Hall–Kier alpha value is -1.40. The summed E-state index contributed by atoms with van der Waals surface area (Å²) in [5.41, 5.74) is 5.67. The summed E-state index contributed by atoms with van der Waals surface area (Å²) in [6, 6.07) is 6.06. The molecule has 0 spiro atoms. The van der Waals surface area contributed by atoms with Gasteiger partial charge in [-0.3, -0.25) is 4.79 Å². The van der Waals surface area contributed by atoms with Gasteiger partial charge in [-0.15, -0.1) is 0 Å². The maximum atomic E-state index is 13.1. The average Bonchev–Trinajstić information content (AvgIpc) is 2.68. The highest BCUT2D eigenvalue weighted by molar-refractivity contribution is 7.89. The number of hydrogen-bond donors (Lipinski definition) is 1. The van der Waals surface area contributed by atoms with E-state index in [2.05, 4.69) is 20.8 Å². The van der Waals surface area contributed by atoms with Crippen molar-refractivity contribution in [3.63, 3.8) is 0 Å². The number of carbonyl (C=O) groups is 1. The van der Waals surface area contributed by atoms with Crippen LogP contribution < -0.4 is 5.73 Å². The summed E-state index contributed by atoms with van der Waals surface area (Å²) in [6.07, 6.45) is 2.81. The fraction of sp³-hybridized carbons (Fsp3) is 0.588. The van der Waals surface area contributed by atoms with Crippen LogP contribution in [0.25, 0.3) is 0 Å². The molecule has 1 aromatic rings. The molecule has 1 aliphatic heterocycles.